The molecule has 168 valence electrons. The van der Waals surface area contributed by atoms with Crippen molar-refractivity contribution in [3.05, 3.63) is 10.5 Å². The lowest BCUT2D eigenvalue weighted by Gasteiger charge is -2.22. The Morgan fingerprint density at radius 3 is 2.87 bits per heavy atom. The monoisotopic (exact) mass is 420 g/mol. The first kappa shape index (κ1) is 22.6. The molecule has 0 aromatic carbocycles. The van der Waals surface area contributed by atoms with Gasteiger partial charge in [0.1, 0.15) is 5.52 Å². The first-order chi connectivity index (χ1) is 14.6. The second kappa shape index (κ2) is 11.3. The zero-order valence-electron chi connectivity index (χ0n) is 18.3. The van der Waals surface area contributed by atoms with Crippen molar-refractivity contribution in [3.8, 4) is 6.01 Å². The zero-order valence-corrected chi connectivity index (χ0v) is 18.3. The van der Waals surface area contributed by atoms with E-state index in [0.717, 1.165) is 77.2 Å². The number of aromatic amines is 1. The highest BCUT2D eigenvalue weighted by Gasteiger charge is 2.16. The van der Waals surface area contributed by atoms with Crippen LogP contribution in [0.3, 0.4) is 0 Å². The van der Waals surface area contributed by atoms with E-state index < -0.39 is 0 Å². The predicted molar refractivity (Wildman–Crippen MR) is 118 cm³/mol. The van der Waals surface area contributed by atoms with Crippen molar-refractivity contribution in [1.29, 1.82) is 0 Å². The van der Waals surface area contributed by atoms with Crippen LogP contribution in [0.5, 0.6) is 6.01 Å². The third-order valence-electron chi connectivity index (χ3n) is 5.64. The summed E-state index contributed by atoms with van der Waals surface area (Å²) in [5, 5.41) is 3.55. The van der Waals surface area contributed by atoms with Crippen LogP contribution in [0.25, 0.3) is 11.2 Å². The quantitative estimate of drug-likeness (QED) is 0.451. The molecule has 0 radical (unpaired) electrons. The summed E-state index contributed by atoms with van der Waals surface area (Å²) < 4.78 is 12.8. The van der Waals surface area contributed by atoms with Gasteiger partial charge in [-0.3, -0.25) is 4.57 Å². The summed E-state index contributed by atoms with van der Waals surface area (Å²) in [6, 6.07) is 0.228. The van der Waals surface area contributed by atoms with Gasteiger partial charge in [-0.2, -0.15) is 9.97 Å². The molecule has 1 saturated heterocycles. The number of nitrogen functional groups attached to an aromatic ring is 1. The molecule has 1 aliphatic heterocycles. The lowest BCUT2D eigenvalue weighted by molar-refractivity contribution is 0.0663. The number of unbranched alkanes of at least 4 members (excludes halogenated alkanes) is 2. The van der Waals surface area contributed by atoms with Crippen molar-refractivity contribution in [2.24, 2.45) is 5.92 Å². The number of anilines is 1. The lowest BCUT2D eigenvalue weighted by atomic mass is 10.0. The molecule has 1 fully saturated rings. The van der Waals surface area contributed by atoms with Gasteiger partial charge in [0.25, 0.3) is 0 Å². The van der Waals surface area contributed by atoms with Crippen molar-refractivity contribution >= 4 is 17.0 Å². The summed E-state index contributed by atoms with van der Waals surface area (Å²) >= 11 is 0. The van der Waals surface area contributed by atoms with Crippen LogP contribution < -0.4 is 21.5 Å². The number of nitrogens with one attached hydrogen (secondary N) is 2. The molecule has 0 aliphatic carbocycles. The number of aromatic nitrogens is 4. The second-order valence-electron chi connectivity index (χ2n) is 8.21. The molecule has 30 heavy (non-hydrogen) atoms. The second-order valence-corrected chi connectivity index (χ2v) is 8.21. The van der Waals surface area contributed by atoms with Crippen LogP contribution in [0, 0.1) is 5.92 Å². The van der Waals surface area contributed by atoms with Crippen molar-refractivity contribution in [3.63, 3.8) is 0 Å². The third kappa shape index (κ3) is 6.18. The smallest absolute Gasteiger partial charge is 0.327 e. The minimum atomic E-state index is -0.206. The summed E-state index contributed by atoms with van der Waals surface area (Å²) in [7, 11) is 0. The van der Waals surface area contributed by atoms with E-state index in [1.165, 1.54) is 0 Å². The molecular formula is C21H36N6O3. The summed E-state index contributed by atoms with van der Waals surface area (Å²) in [5.41, 5.74) is 6.82. The van der Waals surface area contributed by atoms with E-state index in [-0.39, 0.29) is 23.6 Å². The number of imidazole rings is 1. The number of nitrogens with two attached hydrogens (primary N) is 1. The summed E-state index contributed by atoms with van der Waals surface area (Å²) in [6.07, 6.45) is 7.26. The van der Waals surface area contributed by atoms with Gasteiger partial charge in [0, 0.05) is 19.8 Å². The van der Waals surface area contributed by atoms with E-state index in [0.29, 0.717) is 17.7 Å². The van der Waals surface area contributed by atoms with Crippen LogP contribution in [0.2, 0.25) is 0 Å². The fourth-order valence-electron chi connectivity index (χ4n) is 3.89. The normalized spacial score (nSPS) is 16.2. The maximum absolute atomic E-state index is 12.4. The minimum Gasteiger partial charge on any atom is -0.460 e. The van der Waals surface area contributed by atoms with Gasteiger partial charge in [-0.25, -0.2) is 4.79 Å². The van der Waals surface area contributed by atoms with Gasteiger partial charge >= 0.3 is 11.7 Å². The van der Waals surface area contributed by atoms with Crippen LogP contribution in [-0.2, 0) is 11.3 Å². The maximum Gasteiger partial charge on any atom is 0.327 e. The Hall–Kier alpha value is -2.13. The van der Waals surface area contributed by atoms with Crippen LogP contribution in [0.1, 0.15) is 58.8 Å². The number of fused-ring (bicyclic) bond motifs is 1. The maximum atomic E-state index is 12.4. The Balaban J connectivity index is 1.49. The zero-order chi connectivity index (χ0) is 21.3. The minimum absolute atomic E-state index is 0.000371. The predicted octanol–water partition coefficient (Wildman–Crippen LogP) is 2.46. The first-order valence-corrected chi connectivity index (χ1v) is 11.3. The molecule has 0 bridgehead atoms. The van der Waals surface area contributed by atoms with E-state index in [9.17, 15) is 4.79 Å². The topological polar surface area (TPSA) is 120 Å². The molecule has 0 unspecified atom stereocenters. The molecule has 4 N–H and O–H groups in total. The Bertz CT molecular complexity index is 843. The molecule has 0 saturated carbocycles. The molecule has 3 rings (SSSR count). The van der Waals surface area contributed by atoms with Gasteiger partial charge in [-0.05, 0) is 58.0 Å². The third-order valence-corrected chi connectivity index (χ3v) is 5.64. The Morgan fingerprint density at radius 1 is 1.30 bits per heavy atom. The number of rotatable bonds is 12. The Morgan fingerprint density at radius 2 is 2.10 bits per heavy atom. The number of hydrogen-bond donors (Lipinski definition) is 3. The van der Waals surface area contributed by atoms with Crippen LogP contribution in [-0.4, -0.2) is 51.9 Å². The summed E-state index contributed by atoms with van der Waals surface area (Å²) in [4.78, 5) is 23.8. The van der Waals surface area contributed by atoms with Gasteiger partial charge in [-0.1, -0.05) is 19.8 Å². The van der Waals surface area contributed by atoms with E-state index in [2.05, 4.69) is 27.2 Å². The number of nitrogens with zero attached hydrogens (tertiary/aromatic N) is 3. The van der Waals surface area contributed by atoms with Gasteiger partial charge in [0.15, 0.2) is 11.5 Å². The standard InChI is InChI=1S/C21H36N6O3/c1-3-7-15(2)30-20-25-18(22)17-19(26-20)27(21(28)24-17)11-6-4-5-10-23-14-16-8-12-29-13-9-16/h15-16,23H,3-14H2,1-2H3,(H,24,28)(H2,22,25,26)/t15-/m0/s1. The molecular weight excluding hydrogens is 384 g/mol. The van der Waals surface area contributed by atoms with Crippen LogP contribution in [0.15, 0.2) is 4.79 Å². The van der Waals surface area contributed by atoms with Crippen molar-refractivity contribution in [2.75, 3.05) is 32.0 Å². The molecule has 0 spiro atoms. The Kier molecular flexibility index (Phi) is 8.50. The largest absolute Gasteiger partial charge is 0.460 e. The highest BCUT2D eigenvalue weighted by molar-refractivity contribution is 5.81. The van der Waals surface area contributed by atoms with E-state index >= 15 is 0 Å². The SMILES string of the molecule is CCC[C@H](C)Oc1nc(N)c2[nH]c(=O)n(CCCCCNCC3CCOCC3)c2n1. The molecule has 1 aliphatic rings. The van der Waals surface area contributed by atoms with Crippen molar-refractivity contribution in [2.45, 2.75) is 71.4 Å². The van der Waals surface area contributed by atoms with Crippen molar-refractivity contribution < 1.29 is 9.47 Å². The molecule has 9 heteroatoms. The number of ether oxygens (including phenoxy) is 2. The summed E-state index contributed by atoms with van der Waals surface area (Å²) in [6.45, 7) is 8.53. The van der Waals surface area contributed by atoms with Gasteiger partial charge < -0.3 is 25.5 Å². The average Bonchev–Trinajstić information content (AvgIpc) is 3.04. The van der Waals surface area contributed by atoms with Gasteiger partial charge in [0.05, 0.1) is 6.10 Å². The number of H-pyrrole nitrogens is 1. The number of hydrogen-bond acceptors (Lipinski definition) is 7. The molecule has 0 amide bonds. The Labute approximate surface area is 177 Å². The van der Waals surface area contributed by atoms with E-state index in [4.69, 9.17) is 15.2 Å². The van der Waals surface area contributed by atoms with Gasteiger partial charge in [0.2, 0.25) is 0 Å². The van der Waals surface area contributed by atoms with Crippen molar-refractivity contribution in [1.82, 2.24) is 24.8 Å². The van der Waals surface area contributed by atoms with Crippen LogP contribution >= 0.6 is 0 Å². The summed E-state index contributed by atoms with van der Waals surface area (Å²) in [5.74, 6) is 0.983. The van der Waals surface area contributed by atoms with E-state index in [1.54, 1.807) is 4.57 Å². The lowest BCUT2D eigenvalue weighted by Crippen LogP contribution is -2.28. The van der Waals surface area contributed by atoms with Gasteiger partial charge in [-0.15, -0.1) is 0 Å². The number of aryl methyl sites for hydroxylation is 1. The molecule has 1 atom stereocenters. The molecule has 2 aromatic rings. The fourth-order valence-corrected chi connectivity index (χ4v) is 3.89. The molecule has 3 heterocycles. The highest BCUT2D eigenvalue weighted by atomic mass is 16.5. The van der Waals surface area contributed by atoms with E-state index in [1.807, 2.05) is 6.92 Å². The van der Waals surface area contributed by atoms with Crippen LogP contribution in [0.4, 0.5) is 5.82 Å². The highest BCUT2D eigenvalue weighted by Crippen LogP contribution is 2.19. The average molecular weight is 421 g/mol. The fraction of sp³-hybridized carbons (Fsp3) is 0.762. The first-order valence-electron chi connectivity index (χ1n) is 11.3. The molecule has 2 aromatic heterocycles. The molecule has 9 nitrogen and oxygen atoms in total.